The molecule has 0 spiro atoms. The molecule has 4 aromatic rings. The van der Waals surface area contributed by atoms with Crippen LogP contribution >= 0.6 is 11.8 Å². The number of methoxy groups -OCH3 is 1. The number of aromatic nitrogens is 2. The fraction of sp³-hybridized carbons (Fsp3) is 0.107. The minimum atomic E-state index is -0.462. The van der Waals surface area contributed by atoms with Crippen LogP contribution in [0.15, 0.2) is 94.9 Å². The van der Waals surface area contributed by atoms with Crippen molar-refractivity contribution in [3.63, 3.8) is 0 Å². The third-order valence-corrected chi connectivity index (χ3v) is 7.10. The van der Waals surface area contributed by atoms with Crippen molar-refractivity contribution in [1.29, 1.82) is 5.41 Å². The van der Waals surface area contributed by atoms with E-state index in [-0.39, 0.29) is 11.4 Å². The first-order valence-corrected chi connectivity index (χ1v) is 12.7. The molecule has 10 heteroatoms. The van der Waals surface area contributed by atoms with Gasteiger partial charge in [0.25, 0.3) is 5.91 Å². The molecule has 2 aliphatic heterocycles. The number of nitrogens with zero attached hydrogens (tertiary/aromatic N) is 5. The van der Waals surface area contributed by atoms with Crippen LogP contribution in [0, 0.1) is 5.41 Å². The van der Waals surface area contributed by atoms with E-state index in [9.17, 15) is 4.79 Å². The number of carbonyl (C=O) groups excluding carboxylic acids is 1. The van der Waals surface area contributed by atoms with Gasteiger partial charge in [-0.3, -0.25) is 15.2 Å². The highest BCUT2D eigenvalue weighted by Crippen LogP contribution is 2.32. The van der Waals surface area contributed by atoms with E-state index in [1.807, 2.05) is 66.9 Å². The number of thioether (sulfide) groups is 1. The molecule has 9 nitrogen and oxygen atoms in total. The summed E-state index contributed by atoms with van der Waals surface area (Å²) in [5.74, 6) is 1.06. The first kappa shape index (κ1) is 23.7. The topological polar surface area (TPSA) is 105 Å². The molecule has 4 heterocycles. The Kier molecular flexibility index (Phi) is 6.22. The summed E-state index contributed by atoms with van der Waals surface area (Å²) in [6.07, 6.45) is 7.07. The minimum absolute atomic E-state index is 0.00828. The maximum absolute atomic E-state index is 13.0. The Balaban J connectivity index is 1.26. The number of rotatable bonds is 7. The third kappa shape index (κ3) is 4.46. The van der Waals surface area contributed by atoms with E-state index in [1.54, 1.807) is 25.6 Å². The maximum Gasteiger partial charge on any atom is 0.283 e. The molecule has 0 fully saturated rings. The summed E-state index contributed by atoms with van der Waals surface area (Å²) in [5.41, 5.74) is 2.81. The van der Waals surface area contributed by atoms with E-state index in [0.29, 0.717) is 23.4 Å². The second kappa shape index (κ2) is 9.98. The number of carbonyl (C=O) groups is 1. The van der Waals surface area contributed by atoms with Crippen molar-refractivity contribution in [2.75, 3.05) is 13.7 Å². The van der Waals surface area contributed by atoms with Crippen LogP contribution in [-0.4, -0.2) is 50.2 Å². The molecule has 2 aromatic heterocycles. The van der Waals surface area contributed by atoms with Crippen LogP contribution in [0.1, 0.15) is 11.1 Å². The molecule has 1 amide bonds. The lowest BCUT2D eigenvalue weighted by Crippen LogP contribution is -2.35. The second-order valence-corrected chi connectivity index (χ2v) is 9.44. The fourth-order valence-corrected chi connectivity index (χ4v) is 5.14. The lowest BCUT2D eigenvalue weighted by atomic mass is 10.1. The smallest absolute Gasteiger partial charge is 0.283 e. The van der Waals surface area contributed by atoms with E-state index < -0.39 is 5.91 Å². The number of para-hydroxylation sites is 1. The first-order chi connectivity index (χ1) is 18.6. The van der Waals surface area contributed by atoms with Crippen LogP contribution in [0.2, 0.25) is 0 Å². The normalized spacial score (nSPS) is 16.0. The zero-order valence-electron chi connectivity index (χ0n) is 20.4. The SMILES string of the molecule is COc1ccc(OCCn2cc(/C=C3/C(=N)N4N=C(c5cccnc5)SC4=NC3=O)c3ccccc32)cc1. The second-order valence-electron chi connectivity index (χ2n) is 8.49. The molecule has 0 atom stereocenters. The van der Waals surface area contributed by atoms with Gasteiger partial charge in [0.2, 0.25) is 5.17 Å². The van der Waals surface area contributed by atoms with Crippen LogP contribution in [0.3, 0.4) is 0 Å². The molecule has 2 aliphatic rings. The predicted molar refractivity (Wildman–Crippen MR) is 149 cm³/mol. The first-order valence-electron chi connectivity index (χ1n) is 11.9. The molecular weight excluding hydrogens is 500 g/mol. The molecule has 0 bridgehead atoms. The lowest BCUT2D eigenvalue weighted by Gasteiger charge is -2.20. The van der Waals surface area contributed by atoms with Crippen LogP contribution < -0.4 is 9.47 Å². The Morgan fingerprint density at radius 2 is 1.87 bits per heavy atom. The molecule has 1 N–H and O–H groups in total. The van der Waals surface area contributed by atoms with Gasteiger partial charge in [-0.05, 0) is 60.3 Å². The van der Waals surface area contributed by atoms with E-state index in [4.69, 9.17) is 14.9 Å². The van der Waals surface area contributed by atoms with E-state index in [1.165, 1.54) is 16.8 Å². The number of nitrogens with one attached hydrogen (secondary N) is 1. The van der Waals surface area contributed by atoms with Gasteiger partial charge in [0.15, 0.2) is 5.84 Å². The average Bonchev–Trinajstić information content (AvgIpc) is 3.54. The van der Waals surface area contributed by atoms with Crippen molar-refractivity contribution < 1.29 is 14.3 Å². The van der Waals surface area contributed by atoms with Gasteiger partial charge in [0, 0.05) is 40.6 Å². The zero-order valence-corrected chi connectivity index (χ0v) is 21.2. The number of benzene rings is 2. The fourth-order valence-electron chi connectivity index (χ4n) is 4.26. The molecule has 0 unspecified atom stereocenters. The van der Waals surface area contributed by atoms with Crippen LogP contribution in [0.5, 0.6) is 11.5 Å². The number of fused-ring (bicyclic) bond motifs is 2. The molecule has 38 heavy (non-hydrogen) atoms. The van der Waals surface area contributed by atoms with Gasteiger partial charge in [0.1, 0.15) is 23.1 Å². The highest BCUT2D eigenvalue weighted by Gasteiger charge is 2.36. The van der Waals surface area contributed by atoms with E-state index >= 15 is 0 Å². The Labute approximate surface area is 222 Å². The Bertz CT molecular complexity index is 1640. The molecule has 188 valence electrons. The summed E-state index contributed by atoms with van der Waals surface area (Å²) >= 11 is 1.25. The molecule has 0 aliphatic carbocycles. The number of hydrogen-bond donors (Lipinski definition) is 1. The molecular formula is C28H22N6O3S. The van der Waals surface area contributed by atoms with E-state index in [2.05, 4.69) is 19.6 Å². The van der Waals surface area contributed by atoms with Crippen molar-refractivity contribution in [1.82, 2.24) is 14.6 Å². The Morgan fingerprint density at radius 1 is 1.05 bits per heavy atom. The lowest BCUT2D eigenvalue weighted by molar-refractivity contribution is -0.114. The van der Waals surface area contributed by atoms with Gasteiger partial charge >= 0.3 is 0 Å². The highest BCUT2D eigenvalue weighted by molar-refractivity contribution is 8.27. The van der Waals surface area contributed by atoms with Gasteiger partial charge in [-0.1, -0.05) is 18.2 Å². The third-order valence-electron chi connectivity index (χ3n) is 6.14. The molecule has 0 radical (unpaired) electrons. The summed E-state index contributed by atoms with van der Waals surface area (Å²) in [4.78, 5) is 21.3. The number of hydrogen-bond acceptors (Lipinski definition) is 7. The minimum Gasteiger partial charge on any atom is -0.497 e. The zero-order chi connectivity index (χ0) is 26.1. The summed E-state index contributed by atoms with van der Waals surface area (Å²) in [6, 6.07) is 19.1. The summed E-state index contributed by atoms with van der Waals surface area (Å²) in [6.45, 7) is 1.06. The Hall–Kier alpha value is -4.70. The van der Waals surface area contributed by atoms with Crippen LogP contribution in [0.25, 0.3) is 17.0 Å². The summed E-state index contributed by atoms with van der Waals surface area (Å²) in [7, 11) is 1.63. The number of amides is 1. The molecule has 2 aromatic carbocycles. The van der Waals surface area contributed by atoms with Gasteiger partial charge in [0.05, 0.1) is 19.2 Å². The molecule has 0 saturated heterocycles. The molecule has 0 saturated carbocycles. The highest BCUT2D eigenvalue weighted by atomic mass is 32.2. The number of amidine groups is 2. The van der Waals surface area contributed by atoms with Crippen LogP contribution in [0.4, 0.5) is 0 Å². The largest absolute Gasteiger partial charge is 0.497 e. The van der Waals surface area contributed by atoms with E-state index in [0.717, 1.165) is 33.5 Å². The standard InChI is InChI=1S/C28H22N6O3S/c1-36-20-8-10-21(11-9-20)37-14-13-33-17-19(22-6-2-3-7-24(22)33)15-23-25(29)34-28(31-26(23)35)38-27(32-34)18-5-4-12-30-16-18/h2-12,15-17,29H,13-14H2,1H3/b23-15-,29-25?. The van der Waals surface area contributed by atoms with Crippen molar-refractivity contribution in [3.05, 3.63) is 96.0 Å². The monoisotopic (exact) mass is 522 g/mol. The van der Waals surface area contributed by atoms with Gasteiger partial charge in [-0.25, -0.2) is 0 Å². The average molecular weight is 523 g/mol. The number of ether oxygens (including phenoxy) is 2. The number of hydrazone groups is 1. The Morgan fingerprint density at radius 3 is 2.66 bits per heavy atom. The van der Waals surface area contributed by atoms with Gasteiger partial charge < -0.3 is 14.0 Å². The summed E-state index contributed by atoms with van der Waals surface area (Å²) < 4.78 is 13.2. The summed E-state index contributed by atoms with van der Waals surface area (Å²) in [5, 5.41) is 16.7. The van der Waals surface area contributed by atoms with Gasteiger partial charge in [-0.2, -0.15) is 15.1 Å². The quantitative estimate of drug-likeness (QED) is 0.350. The number of pyridine rings is 1. The molecule has 6 rings (SSSR count). The van der Waals surface area contributed by atoms with Crippen molar-refractivity contribution in [2.24, 2.45) is 10.1 Å². The maximum atomic E-state index is 13.0. The van der Waals surface area contributed by atoms with Crippen molar-refractivity contribution >= 4 is 50.7 Å². The number of aliphatic imine (C=N–C) groups is 1. The van der Waals surface area contributed by atoms with Gasteiger partial charge in [-0.15, -0.1) is 0 Å². The van der Waals surface area contributed by atoms with Crippen molar-refractivity contribution in [2.45, 2.75) is 6.54 Å². The predicted octanol–water partition coefficient (Wildman–Crippen LogP) is 4.79. The van der Waals surface area contributed by atoms with Crippen LogP contribution in [-0.2, 0) is 11.3 Å². The van der Waals surface area contributed by atoms with Crippen molar-refractivity contribution in [3.8, 4) is 11.5 Å².